The molecule has 0 saturated carbocycles. The third kappa shape index (κ3) is 4.84. The van der Waals surface area contributed by atoms with Crippen molar-refractivity contribution in [3.63, 3.8) is 0 Å². The SMILES string of the molecule is C[C@H](O)[C@H]1CCN(C(=O)NCCC2CCN(c3ccncc3)CC2)C1. The Bertz CT molecular complexity index is 544. The zero-order valence-electron chi connectivity index (χ0n) is 15.1. The van der Waals surface area contributed by atoms with Gasteiger partial charge in [0.25, 0.3) is 0 Å². The standard InChI is InChI=1S/C19H30N4O2/c1-15(24)17-7-13-23(14-17)19(25)21-10-2-16-5-11-22(12-6-16)18-3-8-20-9-4-18/h3-4,8-9,15-17,24H,2,5-7,10-14H2,1H3,(H,21,25)/t15-,17-/m0/s1. The van der Waals surface area contributed by atoms with Gasteiger partial charge in [0.2, 0.25) is 0 Å². The smallest absolute Gasteiger partial charge is 0.317 e. The van der Waals surface area contributed by atoms with Crippen molar-refractivity contribution in [1.82, 2.24) is 15.2 Å². The van der Waals surface area contributed by atoms with Crippen LogP contribution in [-0.2, 0) is 0 Å². The molecule has 2 amide bonds. The fourth-order valence-corrected chi connectivity index (χ4v) is 3.90. The number of rotatable bonds is 5. The fraction of sp³-hybridized carbons (Fsp3) is 0.684. The fourth-order valence-electron chi connectivity index (χ4n) is 3.90. The van der Waals surface area contributed by atoms with Crippen LogP contribution in [0, 0.1) is 11.8 Å². The molecule has 0 unspecified atom stereocenters. The lowest BCUT2D eigenvalue weighted by Crippen LogP contribution is -2.40. The van der Waals surface area contributed by atoms with Gasteiger partial charge in [-0.15, -0.1) is 0 Å². The molecule has 2 saturated heterocycles. The maximum Gasteiger partial charge on any atom is 0.317 e. The molecule has 2 atom stereocenters. The van der Waals surface area contributed by atoms with Gasteiger partial charge < -0.3 is 20.2 Å². The van der Waals surface area contributed by atoms with Gasteiger partial charge in [0.1, 0.15) is 0 Å². The van der Waals surface area contributed by atoms with E-state index in [9.17, 15) is 9.90 Å². The summed E-state index contributed by atoms with van der Waals surface area (Å²) in [6.07, 6.45) is 7.65. The van der Waals surface area contributed by atoms with Crippen molar-refractivity contribution in [3.8, 4) is 0 Å². The molecule has 0 bridgehead atoms. The molecule has 2 aliphatic heterocycles. The van der Waals surface area contributed by atoms with E-state index in [0.717, 1.165) is 39.0 Å². The molecule has 1 aromatic heterocycles. The zero-order valence-corrected chi connectivity index (χ0v) is 15.1. The number of pyridine rings is 1. The highest BCUT2D eigenvalue weighted by atomic mass is 16.3. The van der Waals surface area contributed by atoms with Crippen LogP contribution < -0.4 is 10.2 Å². The van der Waals surface area contributed by atoms with Gasteiger partial charge in [0.05, 0.1) is 6.10 Å². The average molecular weight is 346 g/mol. The second-order valence-corrected chi connectivity index (χ2v) is 7.39. The van der Waals surface area contributed by atoms with Gasteiger partial charge in [0.15, 0.2) is 0 Å². The largest absolute Gasteiger partial charge is 0.393 e. The number of hydrogen-bond donors (Lipinski definition) is 2. The van der Waals surface area contributed by atoms with E-state index in [1.807, 2.05) is 24.2 Å². The van der Waals surface area contributed by atoms with Crippen molar-refractivity contribution in [2.75, 3.05) is 37.6 Å². The summed E-state index contributed by atoms with van der Waals surface area (Å²) in [5, 5.41) is 12.7. The molecule has 0 aromatic carbocycles. The molecule has 3 heterocycles. The topological polar surface area (TPSA) is 68.7 Å². The van der Waals surface area contributed by atoms with Crippen LogP contribution in [-0.4, -0.2) is 59.8 Å². The van der Waals surface area contributed by atoms with Crippen LogP contribution >= 0.6 is 0 Å². The Kier molecular flexibility index (Phi) is 6.13. The van der Waals surface area contributed by atoms with Crippen molar-refractivity contribution in [3.05, 3.63) is 24.5 Å². The third-order valence-electron chi connectivity index (χ3n) is 5.67. The second kappa shape index (κ2) is 8.52. The number of aliphatic hydroxyl groups is 1. The van der Waals surface area contributed by atoms with Crippen LogP contribution in [0.25, 0.3) is 0 Å². The number of amides is 2. The summed E-state index contributed by atoms with van der Waals surface area (Å²) in [5.74, 6) is 0.908. The number of aromatic nitrogens is 1. The van der Waals surface area contributed by atoms with Crippen LogP contribution in [0.1, 0.15) is 32.6 Å². The Morgan fingerprint density at radius 1 is 1.28 bits per heavy atom. The van der Waals surface area contributed by atoms with E-state index in [4.69, 9.17) is 0 Å². The number of carbonyl (C=O) groups is 1. The van der Waals surface area contributed by atoms with Gasteiger partial charge in [-0.05, 0) is 50.7 Å². The number of hydrogen-bond acceptors (Lipinski definition) is 4. The zero-order chi connectivity index (χ0) is 17.6. The number of carbonyl (C=O) groups excluding carboxylic acids is 1. The number of piperidine rings is 1. The number of urea groups is 1. The van der Waals surface area contributed by atoms with Gasteiger partial charge in [0, 0.05) is 56.7 Å². The first-order valence-electron chi connectivity index (χ1n) is 9.49. The molecule has 1 aromatic rings. The highest BCUT2D eigenvalue weighted by Crippen LogP contribution is 2.24. The predicted octanol–water partition coefficient (Wildman–Crippen LogP) is 2.10. The minimum Gasteiger partial charge on any atom is -0.393 e. The highest BCUT2D eigenvalue weighted by molar-refractivity contribution is 5.74. The molecule has 0 radical (unpaired) electrons. The monoisotopic (exact) mass is 346 g/mol. The quantitative estimate of drug-likeness (QED) is 0.857. The Balaban J connectivity index is 1.33. The van der Waals surface area contributed by atoms with Gasteiger partial charge in [-0.25, -0.2) is 4.79 Å². The molecule has 2 fully saturated rings. The minimum absolute atomic E-state index is 0.0253. The summed E-state index contributed by atoms with van der Waals surface area (Å²) in [7, 11) is 0. The number of aliphatic hydroxyl groups excluding tert-OH is 1. The summed E-state index contributed by atoms with van der Waals surface area (Å²) in [6.45, 7) is 6.13. The molecular weight excluding hydrogens is 316 g/mol. The van der Waals surface area contributed by atoms with Crippen molar-refractivity contribution >= 4 is 11.7 Å². The predicted molar refractivity (Wildman–Crippen MR) is 98.6 cm³/mol. The van der Waals surface area contributed by atoms with Crippen LogP contribution in [0.3, 0.4) is 0 Å². The van der Waals surface area contributed by atoms with E-state index in [-0.39, 0.29) is 18.1 Å². The maximum atomic E-state index is 12.2. The first-order chi connectivity index (χ1) is 12.1. The summed E-state index contributed by atoms with van der Waals surface area (Å²) in [4.78, 5) is 20.5. The van der Waals surface area contributed by atoms with Gasteiger partial charge >= 0.3 is 6.03 Å². The minimum atomic E-state index is -0.330. The van der Waals surface area contributed by atoms with Crippen molar-refractivity contribution < 1.29 is 9.90 Å². The number of nitrogens with zero attached hydrogens (tertiary/aromatic N) is 3. The van der Waals surface area contributed by atoms with Crippen molar-refractivity contribution in [2.24, 2.45) is 11.8 Å². The van der Waals surface area contributed by atoms with Crippen molar-refractivity contribution in [2.45, 2.75) is 38.7 Å². The lowest BCUT2D eigenvalue weighted by atomic mass is 9.93. The summed E-state index contributed by atoms with van der Waals surface area (Å²) in [6, 6.07) is 4.16. The molecule has 0 spiro atoms. The molecular formula is C19H30N4O2. The lowest BCUT2D eigenvalue weighted by molar-refractivity contribution is 0.129. The Morgan fingerprint density at radius 3 is 2.64 bits per heavy atom. The summed E-state index contributed by atoms with van der Waals surface area (Å²) < 4.78 is 0. The van der Waals surface area contributed by atoms with Crippen LogP contribution in [0.5, 0.6) is 0 Å². The number of nitrogens with one attached hydrogen (secondary N) is 1. The Hall–Kier alpha value is -1.82. The van der Waals surface area contributed by atoms with E-state index in [0.29, 0.717) is 12.5 Å². The van der Waals surface area contributed by atoms with Crippen LogP contribution in [0.2, 0.25) is 0 Å². The number of likely N-dealkylation sites (tertiary alicyclic amines) is 1. The molecule has 6 nitrogen and oxygen atoms in total. The Labute approximate surface area is 150 Å². The van der Waals surface area contributed by atoms with E-state index in [1.54, 1.807) is 0 Å². The van der Waals surface area contributed by atoms with E-state index in [2.05, 4.69) is 27.3 Å². The first-order valence-corrected chi connectivity index (χ1v) is 9.49. The molecule has 2 aliphatic rings. The van der Waals surface area contributed by atoms with Gasteiger partial charge in [-0.1, -0.05) is 0 Å². The normalized spacial score (nSPS) is 22.9. The van der Waals surface area contributed by atoms with Crippen molar-refractivity contribution in [1.29, 1.82) is 0 Å². The average Bonchev–Trinajstić information content (AvgIpc) is 3.14. The van der Waals surface area contributed by atoms with Crippen LogP contribution in [0.4, 0.5) is 10.5 Å². The summed E-state index contributed by atoms with van der Waals surface area (Å²) in [5.41, 5.74) is 1.25. The molecule has 6 heteroatoms. The van der Waals surface area contributed by atoms with E-state index in [1.165, 1.54) is 18.5 Å². The first kappa shape index (κ1) is 18.0. The summed E-state index contributed by atoms with van der Waals surface area (Å²) >= 11 is 0. The van der Waals surface area contributed by atoms with E-state index < -0.39 is 0 Å². The molecule has 138 valence electrons. The molecule has 25 heavy (non-hydrogen) atoms. The van der Waals surface area contributed by atoms with Gasteiger partial charge in [-0.3, -0.25) is 4.98 Å². The van der Waals surface area contributed by atoms with Gasteiger partial charge in [-0.2, -0.15) is 0 Å². The highest BCUT2D eigenvalue weighted by Gasteiger charge is 2.29. The molecule has 0 aliphatic carbocycles. The Morgan fingerprint density at radius 2 is 2.00 bits per heavy atom. The lowest BCUT2D eigenvalue weighted by Gasteiger charge is -2.33. The second-order valence-electron chi connectivity index (χ2n) is 7.39. The molecule has 3 rings (SSSR count). The molecule has 2 N–H and O–H groups in total. The third-order valence-corrected chi connectivity index (χ3v) is 5.67. The maximum absolute atomic E-state index is 12.2. The number of anilines is 1. The van der Waals surface area contributed by atoms with Crippen LogP contribution in [0.15, 0.2) is 24.5 Å². The van der Waals surface area contributed by atoms with E-state index >= 15 is 0 Å².